The molecule has 0 amide bonds. The molecule has 4 atom stereocenters. The summed E-state index contributed by atoms with van der Waals surface area (Å²) in [5, 5.41) is 26.5. The van der Waals surface area contributed by atoms with E-state index in [1.807, 2.05) is 19.1 Å². The van der Waals surface area contributed by atoms with Crippen LogP contribution in [0.2, 0.25) is 0 Å². The maximum Gasteiger partial charge on any atom is 0.306 e. The number of aliphatic hydroxyl groups excluding tert-OH is 1. The van der Waals surface area contributed by atoms with E-state index in [0.29, 0.717) is 12.8 Å². The highest BCUT2D eigenvalue weighted by molar-refractivity contribution is 5.70. The second-order valence-corrected chi connectivity index (χ2v) is 5.71. The first kappa shape index (κ1) is 22.9. The summed E-state index contributed by atoms with van der Waals surface area (Å²) in [5.41, 5.74) is 0. The molecule has 22 heavy (non-hydrogen) atoms. The first-order valence-corrected chi connectivity index (χ1v) is 7.20. The Kier molecular flexibility index (Phi) is 11.7. The molecule has 0 heterocycles. The number of carboxylic acid groups (broad SMARTS) is 2. The second-order valence-electron chi connectivity index (χ2n) is 5.71. The molecule has 6 heteroatoms. The summed E-state index contributed by atoms with van der Waals surface area (Å²) in [7, 11) is 0. The van der Waals surface area contributed by atoms with Crippen molar-refractivity contribution in [3.8, 4) is 0 Å². The lowest BCUT2D eigenvalue weighted by Crippen LogP contribution is -2.31. The third-order valence-corrected chi connectivity index (χ3v) is 4.12. The average Bonchev–Trinajstić information content (AvgIpc) is 2.43. The van der Waals surface area contributed by atoms with Gasteiger partial charge in [-0.3, -0.25) is 9.59 Å². The van der Waals surface area contributed by atoms with Gasteiger partial charge in [-0.1, -0.05) is 26.5 Å². The molecule has 4 unspecified atom stereocenters. The van der Waals surface area contributed by atoms with Gasteiger partial charge in [0, 0.05) is 0 Å². The Morgan fingerprint density at radius 2 is 1.59 bits per heavy atom. The Bertz CT molecular complexity index is 366. The molecule has 0 saturated heterocycles. The molecule has 130 valence electrons. The fraction of sp³-hybridized carbons (Fsp3) is 0.750. The van der Waals surface area contributed by atoms with E-state index in [9.17, 15) is 14.7 Å². The first-order chi connectivity index (χ1) is 9.41. The molecule has 0 spiro atoms. The van der Waals surface area contributed by atoms with Gasteiger partial charge in [0.15, 0.2) is 0 Å². The monoisotopic (exact) mass is 318 g/mol. The van der Waals surface area contributed by atoms with Crippen LogP contribution in [0.1, 0.15) is 52.9 Å². The van der Waals surface area contributed by atoms with E-state index in [-0.39, 0.29) is 30.7 Å². The Morgan fingerprint density at radius 3 is 1.95 bits per heavy atom. The zero-order valence-corrected chi connectivity index (χ0v) is 12.4. The van der Waals surface area contributed by atoms with Crippen LogP contribution in [0, 0.1) is 17.8 Å². The minimum atomic E-state index is -0.768. The summed E-state index contributed by atoms with van der Waals surface area (Å²) in [4.78, 5) is 20.8. The SMILES string of the molecule is C.CC1CCC(C(=O)O)CC1O.O.O=C(O)C1CC=CCC1. The predicted octanol–water partition coefficient (Wildman–Crippen LogP) is 2.11. The zero-order chi connectivity index (χ0) is 15.1. The van der Waals surface area contributed by atoms with Crippen LogP contribution >= 0.6 is 0 Å². The average molecular weight is 318 g/mol. The molecule has 2 rings (SSSR count). The van der Waals surface area contributed by atoms with Gasteiger partial charge in [0.25, 0.3) is 0 Å². The van der Waals surface area contributed by atoms with Crippen molar-refractivity contribution in [2.24, 2.45) is 17.8 Å². The number of allylic oxidation sites excluding steroid dienone is 2. The Balaban J connectivity index is 0. The molecular formula is C16H30O6. The first-order valence-electron chi connectivity index (χ1n) is 7.20. The largest absolute Gasteiger partial charge is 0.481 e. The Hall–Kier alpha value is -1.40. The molecule has 0 radical (unpaired) electrons. The quantitative estimate of drug-likeness (QED) is 0.672. The Labute approximate surface area is 132 Å². The molecule has 0 aromatic carbocycles. The molecule has 5 N–H and O–H groups in total. The maximum atomic E-state index is 10.5. The van der Waals surface area contributed by atoms with Crippen molar-refractivity contribution in [2.75, 3.05) is 0 Å². The van der Waals surface area contributed by atoms with Crippen molar-refractivity contribution < 1.29 is 30.4 Å². The van der Waals surface area contributed by atoms with Crippen LogP contribution < -0.4 is 0 Å². The number of rotatable bonds is 2. The van der Waals surface area contributed by atoms with Crippen LogP contribution in [-0.4, -0.2) is 38.8 Å². The van der Waals surface area contributed by atoms with Crippen molar-refractivity contribution in [2.45, 2.75) is 59.0 Å². The number of carbonyl (C=O) groups is 2. The van der Waals surface area contributed by atoms with E-state index in [4.69, 9.17) is 10.2 Å². The number of hydrogen-bond acceptors (Lipinski definition) is 3. The molecule has 1 fully saturated rings. The number of carboxylic acids is 2. The summed E-state index contributed by atoms with van der Waals surface area (Å²) in [6, 6.07) is 0. The van der Waals surface area contributed by atoms with Gasteiger partial charge in [-0.2, -0.15) is 0 Å². The fourth-order valence-electron chi connectivity index (χ4n) is 2.54. The zero-order valence-electron chi connectivity index (χ0n) is 12.4. The Morgan fingerprint density at radius 1 is 1.00 bits per heavy atom. The van der Waals surface area contributed by atoms with Crippen molar-refractivity contribution in [3.63, 3.8) is 0 Å². The van der Waals surface area contributed by atoms with E-state index in [1.165, 1.54) is 0 Å². The van der Waals surface area contributed by atoms with Crippen LogP contribution in [0.5, 0.6) is 0 Å². The molecule has 1 saturated carbocycles. The number of hydrogen-bond donors (Lipinski definition) is 3. The number of aliphatic hydroxyl groups is 1. The van der Waals surface area contributed by atoms with Crippen molar-refractivity contribution >= 4 is 11.9 Å². The highest BCUT2D eigenvalue weighted by Crippen LogP contribution is 2.28. The van der Waals surface area contributed by atoms with Gasteiger partial charge in [0.2, 0.25) is 0 Å². The van der Waals surface area contributed by atoms with Gasteiger partial charge in [-0.05, 0) is 44.4 Å². The minimum absolute atomic E-state index is 0. The van der Waals surface area contributed by atoms with Gasteiger partial charge in [0.1, 0.15) is 0 Å². The van der Waals surface area contributed by atoms with Gasteiger partial charge < -0.3 is 20.8 Å². The van der Waals surface area contributed by atoms with E-state index in [0.717, 1.165) is 25.7 Å². The van der Waals surface area contributed by atoms with Crippen LogP contribution in [0.25, 0.3) is 0 Å². The summed E-state index contributed by atoms with van der Waals surface area (Å²) in [6.45, 7) is 1.96. The highest BCUT2D eigenvalue weighted by Gasteiger charge is 2.29. The summed E-state index contributed by atoms with van der Waals surface area (Å²) in [5.74, 6) is -1.59. The molecule has 2 aliphatic rings. The fourth-order valence-corrected chi connectivity index (χ4v) is 2.54. The van der Waals surface area contributed by atoms with E-state index >= 15 is 0 Å². The maximum absolute atomic E-state index is 10.5. The molecule has 2 aliphatic carbocycles. The lowest BCUT2D eigenvalue weighted by molar-refractivity contribution is -0.145. The van der Waals surface area contributed by atoms with Crippen LogP contribution in [0.3, 0.4) is 0 Å². The van der Waals surface area contributed by atoms with E-state index in [2.05, 4.69) is 0 Å². The van der Waals surface area contributed by atoms with Gasteiger partial charge in [0.05, 0.1) is 17.9 Å². The molecule has 6 nitrogen and oxygen atoms in total. The minimum Gasteiger partial charge on any atom is -0.481 e. The van der Waals surface area contributed by atoms with E-state index in [1.54, 1.807) is 0 Å². The van der Waals surface area contributed by atoms with Crippen molar-refractivity contribution in [1.29, 1.82) is 0 Å². The molecule has 0 bridgehead atoms. The van der Waals surface area contributed by atoms with Gasteiger partial charge >= 0.3 is 11.9 Å². The second kappa shape index (κ2) is 11.2. The smallest absolute Gasteiger partial charge is 0.306 e. The standard InChI is InChI=1S/C8H14O3.C7H10O2.CH4.H2O/c1-5-2-3-6(8(10)11)4-7(5)9;8-7(9)6-4-2-1-3-5-6;;/h5-7,9H,2-4H2,1H3,(H,10,11);1-2,6H,3-5H2,(H,8,9);1H4;1H2. The van der Waals surface area contributed by atoms with Crippen LogP contribution in [0.4, 0.5) is 0 Å². The topological polar surface area (TPSA) is 126 Å². The molecule has 0 aliphatic heterocycles. The van der Waals surface area contributed by atoms with Gasteiger partial charge in [-0.25, -0.2) is 0 Å². The third kappa shape index (κ3) is 7.56. The van der Waals surface area contributed by atoms with Crippen LogP contribution in [-0.2, 0) is 9.59 Å². The van der Waals surface area contributed by atoms with Crippen molar-refractivity contribution in [1.82, 2.24) is 0 Å². The van der Waals surface area contributed by atoms with Gasteiger partial charge in [-0.15, -0.1) is 0 Å². The lowest BCUT2D eigenvalue weighted by Gasteiger charge is -2.28. The highest BCUT2D eigenvalue weighted by atomic mass is 16.4. The summed E-state index contributed by atoms with van der Waals surface area (Å²) < 4.78 is 0. The lowest BCUT2D eigenvalue weighted by atomic mass is 9.81. The molecular weight excluding hydrogens is 288 g/mol. The third-order valence-electron chi connectivity index (χ3n) is 4.12. The number of aliphatic carboxylic acids is 2. The molecule has 0 aromatic rings. The molecule has 0 aromatic heterocycles. The van der Waals surface area contributed by atoms with Crippen LogP contribution in [0.15, 0.2) is 12.2 Å². The summed E-state index contributed by atoms with van der Waals surface area (Å²) in [6.07, 6.45) is 8.01. The predicted molar refractivity (Wildman–Crippen MR) is 84.6 cm³/mol. The normalized spacial score (nSPS) is 29.9. The summed E-state index contributed by atoms with van der Waals surface area (Å²) >= 11 is 0. The van der Waals surface area contributed by atoms with Crippen molar-refractivity contribution in [3.05, 3.63) is 12.2 Å². The van der Waals surface area contributed by atoms with E-state index < -0.39 is 18.0 Å².